The van der Waals surface area contributed by atoms with E-state index in [2.05, 4.69) is 27.0 Å². The fraction of sp³-hybridized carbons (Fsp3) is 0.478. The molecular formula is C23H27N5O4. The maximum absolute atomic E-state index is 13.0. The van der Waals surface area contributed by atoms with Crippen molar-refractivity contribution in [2.24, 2.45) is 11.8 Å². The van der Waals surface area contributed by atoms with E-state index in [0.717, 1.165) is 23.7 Å². The summed E-state index contributed by atoms with van der Waals surface area (Å²) in [5, 5.41) is 18.6. The van der Waals surface area contributed by atoms with Crippen LogP contribution >= 0.6 is 0 Å². The van der Waals surface area contributed by atoms with Crippen molar-refractivity contribution in [2.45, 2.75) is 44.2 Å². The molecule has 9 nitrogen and oxygen atoms in total. The molecule has 0 radical (unpaired) electrons. The minimum absolute atomic E-state index is 0.0865. The van der Waals surface area contributed by atoms with E-state index < -0.39 is 23.9 Å². The van der Waals surface area contributed by atoms with E-state index in [1.165, 1.54) is 0 Å². The number of fused-ring (bicyclic) bond motifs is 1. The lowest BCUT2D eigenvalue weighted by molar-refractivity contribution is -0.125. The van der Waals surface area contributed by atoms with Crippen LogP contribution in [0.3, 0.4) is 0 Å². The summed E-state index contributed by atoms with van der Waals surface area (Å²) in [5.41, 5.74) is 1.09. The van der Waals surface area contributed by atoms with Gasteiger partial charge < -0.3 is 25.7 Å². The van der Waals surface area contributed by atoms with Crippen molar-refractivity contribution in [3.05, 3.63) is 30.0 Å². The van der Waals surface area contributed by atoms with Crippen LogP contribution in [0.1, 0.15) is 42.6 Å². The summed E-state index contributed by atoms with van der Waals surface area (Å²) >= 11 is 0. The molecule has 1 aliphatic heterocycles. The Kier molecular flexibility index (Phi) is 6.30. The molecule has 4 rings (SSSR count). The maximum atomic E-state index is 13.0. The Hall–Kier alpha value is -3.54. The van der Waals surface area contributed by atoms with Gasteiger partial charge in [-0.25, -0.2) is 0 Å². The van der Waals surface area contributed by atoms with Crippen molar-refractivity contribution >= 4 is 28.6 Å². The first-order chi connectivity index (χ1) is 15.5. The fourth-order valence-electron chi connectivity index (χ4n) is 4.15. The van der Waals surface area contributed by atoms with Crippen LogP contribution < -0.4 is 20.7 Å². The van der Waals surface area contributed by atoms with Crippen LogP contribution in [0.4, 0.5) is 0 Å². The molecule has 2 aliphatic rings. The monoisotopic (exact) mass is 437 g/mol. The van der Waals surface area contributed by atoms with Gasteiger partial charge in [-0.1, -0.05) is 18.9 Å². The topological polar surface area (TPSA) is 136 Å². The molecule has 1 saturated heterocycles. The number of rotatable bonds is 9. The summed E-state index contributed by atoms with van der Waals surface area (Å²) < 4.78 is 5.34. The van der Waals surface area contributed by atoms with Gasteiger partial charge in [0, 0.05) is 23.4 Å². The second-order valence-electron chi connectivity index (χ2n) is 8.51. The Labute approximate surface area is 185 Å². The van der Waals surface area contributed by atoms with E-state index in [9.17, 15) is 19.6 Å². The van der Waals surface area contributed by atoms with Gasteiger partial charge in [0.25, 0.3) is 5.91 Å². The summed E-state index contributed by atoms with van der Waals surface area (Å²) in [6, 6.07) is 7.73. The van der Waals surface area contributed by atoms with Crippen LogP contribution in [0.25, 0.3) is 10.9 Å². The number of nitrogens with zero attached hydrogens (tertiary/aromatic N) is 1. The smallest absolute Gasteiger partial charge is 0.268 e. The molecule has 2 unspecified atom stereocenters. The fourth-order valence-corrected chi connectivity index (χ4v) is 4.15. The molecule has 1 aromatic carbocycles. The number of nitrogens with one attached hydrogen (secondary N) is 4. The Bertz CT molecular complexity index is 1070. The van der Waals surface area contributed by atoms with E-state index in [-0.39, 0.29) is 18.2 Å². The van der Waals surface area contributed by atoms with Crippen LogP contribution in [0.5, 0.6) is 5.75 Å². The highest BCUT2D eigenvalue weighted by atomic mass is 16.5. The lowest BCUT2D eigenvalue weighted by Gasteiger charge is -2.21. The van der Waals surface area contributed by atoms with Gasteiger partial charge in [0.2, 0.25) is 11.8 Å². The van der Waals surface area contributed by atoms with E-state index in [0.29, 0.717) is 36.7 Å². The molecule has 3 atom stereocenters. The van der Waals surface area contributed by atoms with Gasteiger partial charge >= 0.3 is 0 Å². The molecule has 9 heteroatoms. The zero-order valence-corrected chi connectivity index (χ0v) is 17.9. The standard InChI is InChI=1S/C23H27N5O4/c1-32-20-4-2-3-17-16(20)11-19(27-17)23(31)28-18(9-13-5-6-13)22(30)26-15(12-24)10-14-7-8-25-21(14)29/h2-4,11,13-15,18,27H,5-10H2,1H3,(H,25,29)(H,26,30)(H,28,31)/t14?,15-,18?/m0/s1. The van der Waals surface area contributed by atoms with Gasteiger partial charge in [0.15, 0.2) is 0 Å². The van der Waals surface area contributed by atoms with Crippen molar-refractivity contribution in [1.82, 2.24) is 20.9 Å². The minimum atomic E-state index is -0.785. The number of nitriles is 1. The highest BCUT2D eigenvalue weighted by molar-refractivity contribution is 6.01. The summed E-state index contributed by atoms with van der Waals surface area (Å²) in [6.45, 7) is 0.589. The first-order valence-corrected chi connectivity index (χ1v) is 10.9. The number of benzene rings is 1. The third-order valence-corrected chi connectivity index (χ3v) is 6.13. The number of hydrogen-bond donors (Lipinski definition) is 4. The van der Waals surface area contributed by atoms with Gasteiger partial charge in [0.1, 0.15) is 23.5 Å². The van der Waals surface area contributed by atoms with Crippen LogP contribution in [-0.2, 0) is 9.59 Å². The predicted octanol–water partition coefficient (Wildman–Crippen LogP) is 1.61. The number of H-pyrrole nitrogens is 1. The van der Waals surface area contributed by atoms with Crippen molar-refractivity contribution in [3.8, 4) is 11.8 Å². The van der Waals surface area contributed by atoms with E-state index in [1.54, 1.807) is 13.2 Å². The maximum Gasteiger partial charge on any atom is 0.268 e. The van der Waals surface area contributed by atoms with Crippen molar-refractivity contribution in [3.63, 3.8) is 0 Å². The zero-order valence-electron chi connectivity index (χ0n) is 17.9. The van der Waals surface area contributed by atoms with Crippen LogP contribution in [0, 0.1) is 23.2 Å². The third kappa shape index (κ3) is 4.85. The Morgan fingerprint density at radius 3 is 2.72 bits per heavy atom. The highest BCUT2D eigenvalue weighted by Crippen LogP contribution is 2.34. The van der Waals surface area contributed by atoms with Crippen LogP contribution in [0.15, 0.2) is 24.3 Å². The summed E-state index contributed by atoms with van der Waals surface area (Å²) in [7, 11) is 1.57. The van der Waals surface area contributed by atoms with Gasteiger partial charge in [-0.3, -0.25) is 14.4 Å². The molecule has 1 aromatic heterocycles. The number of aromatic amines is 1. The lowest BCUT2D eigenvalue weighted by atomic mass is 9.98. The zero-order chi connectivity index (χ0) is 22.7. The number of carbonyl (C=O) groups is 3. The van der Waals surface area contributed by atoms with E-state index in [1.807, 2.05) is 18.2 Å². The van der Waals surface area contributed by atoms with Crippen molar-refractivity contribution < 1.29 is 19.1 Å². The van der Waals surface area contributed by atoms with E-state index in [4.69, 9.17) is 4.74 Å². The SMILES string of the molecule is COc1cccc2[nH]c(C(=O)NC(CC3CC3)C(=O)N[C@H](C#N)CC3CCNC3=O)cc12. The number of hydrogen-bond acceptors (Lipinski definition) is 5. The predicted molar refractivity (Wildman–Crippen MR) is 117 cm³/mol. The third-order valence-electron chi connectivity index (χ3n) is 6.13. The summed E-state index contributed by atoms with van der Waals surface area (Å²) in [6.07, 6.45) is 3.47. The molecule has 2 aromatic rings. The average molecular weight is 438 g/mol. The molecule has 168 valence electrons. The quantitative estimate of drug-likeness (QED) is 0.472. The molecule has 3 amide bonds. The van der Waals surface area contributed by atoms with Gasteiger partial charge in [0.05, 0.1) is 13.2 Å². The Morgan fingerprint density at radius 2 is 2.06 bits per heavy atom. The number of ether oxygens (including phenoxy) is 1. The minimum Gasteiger partial charge on any atom is -0.496 e. The number of aromatic nitrogens is 1. The van der Waals surface area contributed by atoms with Gasteiger partial charge in [-0.05, 0) is 43.4 Å². The second kappa shape index (κ2) is 9.30. The molecule has 1 saturated carbocycles. The summed E-state index contributed by atoms with van der Waals surface area (Å²) in [4.78, 5) is 40.8. The molecule has 1 aliphatic carbocycles. The van der Waals surface area contributed by atoms with Gasteiger partial charge in [-0.2, -0.15) is 5.26 Å². The normalized spacial score (nSPS) is 19.6. The van der Waals surface area contributed by atoms with Gasteiger partial charge in [-0.15, -0.1) is 0 Å². The molecule has 0 spiro atoms. The number of carbonyl (C=O) groups excluding carboxylic acids is 3. The largest absolute Gasteiger partial charge is 0.496 e. The molecule has 2 heterocycles. The average Bonchev–Trinajstić information content (AvgIpc) is 3.35. The highest BCUT2D eigenvalue weighted by Gasteiger charge is 2.33. The summed E-state index contributed by atoms with van der Waals surface area (Å²) in [5.74, 6) is -0.126. The Balaban J connectivity index is 1.44. The number of amides is 3. The van der Waals surface area contributed by atoms with E-state index >= 15 is 0 Å². The molecular weight excluding hydrogens is 410 g/mol. The van der Waals surface area contributed by atoms with Crippen LogP contribution in [-0.4, -0.2) is 48.4 Å². The molecule has 0 bridgehead atoms. The Morgan fingerprint density at radius 1 is 1.25 bits per heavy atom. The number of methoxy groups -OCH3 is 1. The lowest BCUT2D eigenvalue weighted by Crippen LogP contribution is -2.50. The van der Waals surface area contributed by atoms with Crippen molar-refractivity contribution in [2.75, 3.05) is 13.7 Å². The second-order valence-corrected chi connectivity index (χ2v) is 8.51. The molecule has 2 fully saturated rings. The molecule has 32 heavy (non-hydrogen) atoms. The molecule has 4 N–H and O–H groups in total. The van der Waals surface area contributed by atoms with Crippen LogP contribution in [0.2, 0.25) is 0 Å². The van der Waals surface area contributed by atoms with Crippen molar-refractivity contribution in [1.29, 1.82) is 5.26 Å². The first-order valence-electron chi connectivity index (χ1n) is 10.9. The first kappa shape index (κ1) is 21.7.